The van der Waals surface area contributed by atoms with Crippen LogP contribution in [0.4, 0.5) is 8.78 Å². The Bertz CT molecular complexity index is 378. The van der Waals surface area contributed by atoms with Crippen molar-refractivity contribution in [3.8, 4) is 5.75 Å². The largest absolute Gasteiger partial charge is 0.489 e. The maximum absolute atomic E-state index is 13.2. The van der Waals surface area contributed by atoms with Gasteiger partial charge in [-0.15, -0.1) is 0 Å². The maximum atomic E-state index is 13.2. The molecule has 0 atom stereocenters. The molecule has 0 aliphatic heterocycles. The number of nitrogens with one attached hydrogen (secondary N) is 1. The number of hydrogen-bond acceptors (Lipinski definition) is 2. The summed E-state index contributed by atoms with van der Waals surface area (Å²) in [5.74, 6) is -0.336. The number of hydrogen-bond donors (Lipinski definition) is 1. The van der Waals surface area contributed by atoms with E-state index in [2.05, 4.69) is 5.32 Å². The van der Waals surface area contributed by atoms with Gasteiger partial charge in [-0.3, -0.25) is 0 Å². The summed E-state index contributed by atoms with van der Waals surface area (Å²) in [7, 11) is 0. The fourth-order valence-electron chi connectivity index (χ4n) is 2.35. The average Bonchev–Trinajstić information content (AvgIpc) is 2.84. The summed E-state index contributed by atoms with van der Waals surface area (Å²) in [6.45, 7) is 2.10. The maximum Gasteiger partial charge on any atom is 0.167 e. The molecule has 0 unspecified atom stereocenters. The van der Waals surface area contributed by atoms with Crippen LogP contribution in [0.1, 0.15) is 25.7 Å². The Morgan fingerprint density at radius 2 is 2.00 bits per heavy atom. The van der Waals surface area contributed by atoms with Gasteiger partial charge in [0, 0.05) is 12.6 Å². The van der Waals surface area contributed by atoms with Crippen LogP contribution in [0, 0.1) is 17.6 Å². The smallest absolute Gasteiger partial charge is 0.167 e. The third-order valence-corrected chi connectivity index (χ3v) is 3.34. The van der Waals surface area contributed by atoms with E-state index in [1.54, 1.807) is 0 Å². The number of benzene rings is 1. The van der Waals surface area contributed by atoms with Gasteiger partial charge in [0.25, 0.3) is 0 Å². The summed E-state index contributed by atoms with van der Waals surface area (Å²) in [5.41, 5.74) is 0. The van der Waals surface area contributed by atoms with Crippen molar-refractivity contribution < 1.29 is 13.5 Å². The predicted octanol–water partition coefficient (Wildman–Crippen LogP) is 3.12. The molecule has 100 valence electrons. The van der Waals surface area contributed by atoms with Crippen molar-refractivity contribution in [2.75, 3.05) is 19.7 Å². The van der Waals surface area contributed by atoms with Gasteiger partial charge in [0.1, 0.15) is 12.4 Å². The molecule has 0 saturated heterocycles. The highest BCUT2D eigenvalue weighted by Crippen LogP contribution is 2.23. The number of ether oxygens (including phenoxy) is 1. The molecule has 1 N–H and O–H groups in total. The van der Waals surface area contributed by atoms with Gasteiger partial charge in [-0.1, -0.05) is 12.8 Å². The van der Waals surface area contributed by atoms with Gasteiger partial charge in [0.05, 0.1) is 0 Å². The zero-order chi connectivity index (χ0) is 12.8. The van der Waals surface area contributed by atoms with Crippen molar-refractivity contribution in [2.45, 2.75) is 25.7 Å². The Balaban J connectivity index is 1.62. The van der Waals surface area contributed by atoms with E-state index in [1.807, 2.05) is 0 Å². The van der Waals surface area contributed by atoms with Gasteiger partial charge in [-0.2, -0.15) is 0 Å². The van der Waals surface area contributed by atoms with E-state index >= 15 is 0 Å². The second-order valence-electron chi connectivity index (χ2n) is 4.78. The van der Waals surface area contributed by atoms with Crippen molar-refractivity contribution in [2.24, 2.45) is 5.92 Å². The Hall–Kier alpha value is -1.16. The standard InChI is InChI=1S/C14H19F2NO/c15-12-5-6-14(13(16)9-12)18-8-7-17-10-11-3-1-2-4-11/h5-6,9,11,17H,1-4,7-8,10H2. The lowest BCUT2D eigenvalue weighted by atomic mass is 10.1. The average molecular weight is 255 g/mol. The minimum Gasteiger partial charge on any atom is -0.489 e. The Kier molecular flexibility index (Phi) is 4.93. The van der Waals surface area contributed by atoms with Crippen LogP contribution in [0.25, 0.3) is 0 Å². The lowest BCUT2D eigenvalue weighted by molar-refractivity contribution is 0.293. The third kappa shape index (κ3) is 3.95. The Morgan fingerprint density at radius 1 is 1.22 bits per heavy atom. The van der Waals surface area contributed by atoms with Crippen molar-refractivity contribution >= 4 is 0 Å². The fourth-order valence-corrected chi connectivity index (χ4v) is 2.35. The van der Waals surface area contributed by atoms with Gasteiger partial charge < -0.3 is 10.1 Å². The molecule has 4 heteroatoms. The summed E-state index contributed by atoms with van der Waals surface area (Å²) in [6, 6.07) is 3.35. The molecule has 0 spiro atoms. The van der Waals surface area contributed by atoms with E-state index in [9.17, 15) is 8.78 Å². The van der Waals surface area contributed by atoms with E-state index < -0.39 is 11.6 Å². The summed E-state index contributed by atoms with van der Waals surface area (Å²) < 4.78 is 31.1. The molecule has 0 bridgehead atoms. The summed E-state index contributed by atoms with van der Waals surface area (Å²) in [4.78, 5) is 0. The minimum absolute atomic E-state index is 0.110. The van der Waals surface area contributed by atoms with Crippen LogP contribution in [-0.4, -0.2) is 19.7 Å². The molecule has 1 fully saturated rings. The second kappa shape index (κ2) is 6.69. The quantitative estimate of drug-likeness (QED) is 0.789. The second-order valence-corrected chi connectivity index (χ2v) is 4.78. The van der Waals surface area contributed by atoms with E-state index in [0.29, 0.717) is 13.2 Å². The molecule has 2 rings (SSSR count). The van der Waals surface area contributed by atoms with Crippen LogP contribution < -0.4 is 10.1 Å². The molecular weight excluding hydrogens is 236 g/mol. The zero-order valence-electron chi connectivity index (χ0n) is 10.4. The van der Waals surface area contributed by atoms with E-state index in [1.165, 1.54) is 37.8 Å². The molecule has 0 amide bonds. The van der Waals surface area contributed by atoms with E-state index in [0.717, 1.165) is 18.5 Å². The number of rotatable bonds is 6. The van der Waals surface area contributed by atoms with Crippen molar-refractivity contribution in [1.82, 2.24) is 5.32 Å². The predicted molar refractivity (Wildman–Crippen MR) is 66.7 cm³/mol. The van der Waals surface area contributed by atoms with Gasteiger partial charge in [0.2, 0.25) is 0 Å². The molecule has 18 heavy (non-hydrogen) atoms. The highest BCUT2D eigenvalue weighted by molar-refractivity contribution is 5.24. The summed E-state index contributed by atoms with van der Waals surface area (Å²) in [6.07, 6.45) is 5.29. The molecule has 1 saturated carbocycles. The lowest BCUT2D eigenvalue weighted by Gasteiger charge is -2.11. The van der Waals surface area contributed by atoms with Gasteiger partial charge in [-0.25, -0.2) is 8.78 Å². The van der Waals surface area contributed by atoms with Crippen LogP contribution in [-0.2, 0) is 0 Å². The first-order valence-corrected chi connectivity index (χ1v) is 6.54. The number of halogens is 2. The van der Waals surface area contributed by atoms with Gasteiger partial charge in [0.15, 0.2) is 11.6 Å². The fraction of sp³-hybridized carbons (Fsp3) is 0.571. The van der Waals surface area contributed by atoms with E-state index in [-0.39, 0.29) is 5.75 Å². The topological polar surface area (TPSA) is 21.3 Å². The van der Waals surface area contributed by atoms with Crippen molar-refractivity contribution in [3.63, 3.8) is 0 Å². The lowest BCUT2D eigenvalue weighted by Crippen LogP contribution is -2.26. The first-order chi connectivity index (χ1) is 8.75. The highest BCUT2D eigenvalue weighted by atomic mass is 19.1. The molecule has 1 aliphatic carbocycles. The first kappa shape index (κ1) is 13.3. The van der Waals surface area contributed by atoms with Gasteiger partial charge >= 0.3 is 0 Å². The minimum atomic E-state index is -0.647. The van der Waals surface area contributed by atoms with Crippen molar-refractivity contribution in [1.29, 1.82) is 0 Å². The molecule has 1 aliphatic rings. The molecule has 0 heterocycles. The van der Waals surface area contributed by atoms with Crippen LogP contribution >= 0.6 is 0 Å². The molecule has 2 nitrogen and oxygen atoms in total. The first-order valence-electron chi connectivity index (χ1n) is 6.54. The Morgan fingerprint density at radius 3 is 2.72 bits per heavy atom. The van der Waals surface area contributed by atoms with Crippen molar-refractivity contribution in [3.05, 3.63) is 29.8 Å². The van der Waals surface area contributed by atoms with E-state index in [4.69, 9.17) is 4.74 Å². The van der Waals surface area contributed by atoms with Crippen LogP contribution in [0.2, 0.25) is 0 Å². The molecular formula is C14H19F2NO. The molecule has 0 aromatic heterocycles. The summed E-state index contributed by atoms with van der Waals surface area (Å²) >= 11 is 0. The summed E-state index contributed by atoms with van der Waals surface area (Å²) in [5, 5.41) is 3.31. The SMILES string of the molecule is Fc1ccc(OCCNCC2CCCC2)c(F)c1. The highest BCUT2D eigenvalue weighted by Gasteiger charge is 2.13. The molecule has 1 aromatic rings. The van der Waals surface area contributed by atoms with Crippen LogP contribution in [0.15, 0.2) is 18.2 Å². The monoisotopic (exact) mass is 255 g/mol. The normalized spacial score (nSPS) is 16.1. The third-order valence-electron chi connectivity index (χ3n) is 3.34. The van der Waals surface area contributed by atoms with Gasteiger partial charge in [-0.05, 0) is 37.4 Å². The molecule has 1 aromatic carbocycles. The van der Waals surface area contributed by atoms with Crippen LogP contribution in [0.3, 0.4) is 0 Å². The van der Waals surface area contributed by atoms with Crippen LogP contribution in [0.5, 0.6) is 5.75 Å². The Labute approximate surface area is 106 Å². The zero-order valence-corrected chi connectivity index (χ0v) is 10.4. The molecule has 0 radical (unpaired) electrons.